The number of Topliss-reactive ketones (excluding diaryl/α,β-unsaturated/α-hetero) is 1. The molecule has 0 N–H and O–H groups in total. The van der Waals surface area contributed by atoms with Gasteiger partial charge in [-0.1, -0.05) is 48.5 Å². The van der Waals surface area contributed by atoms with E-state index in [4.69, 9.17) is 9.47 Å². The van der Waals surface area contributed by atoms with Gasteiger partial charge in [0.25, 0.3) is 0 Å². The Morgan fingerprint density at radius 2 is 1.51 bits per heavy atom. The van der Waals surface area contributed by atoms with Gasteiger partial charge in [0.2, 0.25) is 0 Å². The van der Waals surface area contributed by atoms with Gasteiger partial charge in [-0.2, -0.15) is 0 Å². The maximum absolute atomic E-state index is 13.5. The minimum Gasteiger partial charge on any atom is -0.461 e. The van der Waals surface area contributed by atoms with Crippen molar-refractivity contribution in [2.24, 2.45) is 56.2 Å². The van der Waals surface area contributed by atoms with Crippen molar-refractivity contribution in [1.82, 2.24) is 0 Å². The van der Waals surface area contributed by atoms with E-state index in [1.54, 1.807) is 0 Å². The molecule has 2 bridgehead atoms. The van der Waals surface area contributed by atoms with Gasteiger partial charge in [-0.15, -0.1) is 0 Å². The number of esters is 2. The van der Waals surface area contributed by atoms with Crippen molar-refractivity contribution in [3.05, 3.63) is 0 Å². The number of carbonyl (C=O) groups excluding carboxylic acids is 3. The molecule has 6 fully saturated rings. The zero-order valence-corrected chi connectivity index (χ0v) is 24.4. The SMILES string of the molecule is CC(=O)OC1C[C@]2(C)[C@H]3CC[C@@H]4C5C6OC(=O)[C@@]5(CCC6(C)C)CC[C@@]4(C)[C@]3(C)CC[C@H]2C(C)(C)C1=O. The Morgan fingerprint density at radius 1 is 0.838 bits per heavy atom. The molecule has 206 valence electrons. The number of hydrogen-bond acceptors (Lipinski definition) is 5. The maximum atomic E-state index is 13.5. The monoisotopic (exact) mass is 512 g/mol. The molecule has 0 aromatic carbocycles. The van der Waals surface area contributed by atoms with E-state index >= 15 is 0 Å². The van der Waals surface area contributed by atoms with Gasteiger partial charge in [0, 0.05) is 23.7 Å². The van der Waals surface area contributed by atoms with Gasteiger partial charge in [0.1, 0.15) is 6.10 Å². The lowest BCUT2D eigenvalue weighted by atomic mass is 9.31. The summed E-state index contributed by atoms with van der Waals surface area (Å²) in [6.45, 7) is 17.7. The molecule has 6 rings (SSSR count). The molecule has 1 saturated heterocycles. The molecule has 0 spiro atoms. The molecule has 0 radical (unpaired) electrons. The first kappa shape index (κ1) is 25.9. The zero-order valence-electron chi connectivity index (χ0n) is 24.4. The van der Waals surface area contributed by atoms with Crippen LogP contribution in [0.2, 0.25) is 0 Å². The highest BCUT2D eigenvalue weighted by atomic mass is 16.6. The average Bonchev–Trinajstić information content (AvgIpc) is 3.04. The lowest BCUT2D eigenvalue weighted by Crippen LogP contribution is -2.69. The Morgan fingerprint density at radius 3 is 2.19 bits per heavy atom. The largest absolute Gasteiger partial charge is 0.461 e. The quantitative estimate of drug-likeness (QED) is 0.374. The van der Waals surface area contributed by atoms with Crippen LogP contribution in [0.1, 0.15) is 113 Å². The van der Waals surface area contributed by atoms with E-state index in [1.165, 1.54) is 6.92 Å². The van der Waals surface area contributed by atoms with Crippen molar-refractivity contribution in [2.75, 3.05) is 0 Å². The summed E-state index contributed by atoms with van der Waals surface area (Å²) in [5, 5.41) is 0. The van der Waals surface area contributed by atoms with Crippen molar-refractivity contribution in [3.8, 4) is 0 Å². The van der Waals surface area contributed by atoms with E-state index in [9.17, 15) is 14.4 Å². The van der Waals surface area contributed by atoms with E-state index in [2.05, 4.69) is 48.5 Å². The number of ether oxygens (including phenoxy) is 2. The number of rotatable bonds is 1. The standard InChI is InChI=1S/C32H48O5/c1-18(33)36-20-17-29(6)21(28(4,5)24(20)34)11-12-31(8)22(29)10-9-19-23-25-27(2,3)13-15-32(23,26(35)37-25)16-14-30(19,31)7/h19-23,25H,9-17H2,1-8H3/t19-,20?,21+,22-,23?,25?,29+,30-,31-,32+/m1/s1. The molecule has 5 nitrogen and oxygen atoms in total. The van der Waals surface area contributed by atoms with Crippen molar-refractivity contribution in [3.63, 3.8) is 0 Å². The van der Waals surface area contributed by atoms with Crippen LogP contribution in [0, 0.1) is 56.2 Å². The summed E-state index contributed by atoms with van der Waals surface area (Å²) in [7, 11) is 0. The second-order valence-electron chi connectivity index (χ2n) is 16.1. The molecule has 37 heavy (non-hydrogen) atoms. The first-order valence-corrected chi connectivity index (χ1v) is 15.0. The number of ketones is 1. The smallest absolute Gasteiger partial charge is 0.312 e. The van der Waals surface area contributed by atoms with Gasteiger partial charge >= 0.3 is 11.9 Å². The van der Waals surface area contributed by atoms with Gasteiger partial charge in [-0.25, -0.2) is 0 Å². The minimum atomic E-state index is -0.641. The summed E-state index contributed by atoms with van der Waals surface area (Å²) in [5.74, 6) is 1.40. The molecular formula is C32H48O5. The molecule has 5 heteroatoms. The lowest BCUT2D eigenvalue weighted by Gasteiger charge is -2.72. The fourth-order valence-electron chi connectivity index (χ4n) is 12.0. The van der Waals surface area contributed by atoms with Crippen LogP contribution in [0.4, 0.5) is 0 Å². The molecule has 0 amide bonds. The lowest BCUT2D eigenvalue weighted by molar-refractivity contribution is -0.246. The van der Waals surface area contributed by atoms with Crippen molar-refractivity contribution in [1.29, 1.82) is 0 Å². The van der Waals surface area contributed by atoms with Gasteiger partial charge in [-0.3, -0.25) is 14.4 Å². The van der Waals surface area contributed by atoms with Crippen LogP contribution in [0.5, 0.6) is 0 Å². The predicted octanol–water partition coefficient (Wildman–Crippen LogP) is 6.51. The van der Waals surface area contributed by atoms with Gasteiger partial charge in [0.15, 0.2) is 11.9 Å². The molecule has 0 aromatic heterocycles. The molecule has 1 aliphatic heterocycles. The summed E-state index contributed by atoms with van der Waals surface area (Å²) in [6.07, 6.45) is 8.54. The third kappa shape index (κ3) is 2.95. The first-order chi connectivity index (χ1) is 17.0. The van der Waals surface area contributed by atoms with Crippen molar-refractivity contribution >= 4 is 17.7 Å². The summed E-state index contributed by atoms with van der Waals surface area (Å²) < 4.78 is 12.0. The second kappa shape index (κ2) is 7.42. The molecule has 5 saturated carbocycles. The summed E-state index contributed by atoms with van der Waals surface area (Å²) in [4.78, 5) is 38.9. The highest BCUT2D eigenvalue weighted by Gasteiger charge is 2.75. The highest BCUT2D eigenvalue weighted by Crippen LogP contribution is 2.78. The van der Waals surface area contributed by atoms with Crippen molar-refractivity contribution < 1.29 is 23.9 Å². The van der Waals surface area contributed by atoms with Crippen LogP contribution < -0.4 is 0 Å². The average molecular weight is 513 g/mol. The predicted molar refractivity (Wildman–Crippen MR) is 140 cm³/mol. The Labute approximate surface area is 223 Å². The molecule has 6 aliphatic rings. The number of fused-ring (bicyclic) bond motifs is 5. The van der Waals surface area contributed by atoms with Crippen molar-refractivity contribution in [2.45, 2.75) is 125 Å². The molecule has 5 aliphatic carbocycles. The Kier molecular flexibility index (Phi) is 5.18. The van der Waals surface area contributed by atoms with Crippen LogP contribution in [-0.4, -0.2) is 29.9 Å². The topological polar surface area (TPSA) is 69.7 Å². The third-order valence-corrected chi connectivity index (χ3v) is 14.0. The maximum Gasteiger partial charge on any atom is 0.312 e. The number of hydrogen-bond donors (Lipinski definition) is 0. The van der Waals surface area contributed by atoms with Gasteiger partial charge in [0.05, 0.1) is 5.41 Å². The molecule has 3 unspecified atom stereocenters. The Balaban J connectivity index is 1.40. The van der Waals surface area contributed by atoms with Gasteiger partial charge < -0.3 is 9.47 Å². The van der Waals surface area contributed by atoms with Gasteiger partial charge in [-0.05, 0) is 91.8 Å². The van der Waals surface area contributed by atoms with Crippen LogP contribution >= 0.6 is 0 Å². The Bertz CT molecular complexity index is 1060. The summed E-state index contributed by atoms with van der Waals surface area (Å²) in [5.41, 5.74) is -0.565. The summed E-state index contributed by atoms with van der Waals surface area (Å²) >= 11 is 0. The third-order valence-electron chi connectivity index (χ3n) is 14.0. The van der Waals surface area contributed by atoms with Crippen LogP contribution in [0.3, 0.4) is 0 Å². The Hall–Kier alpha value is -1.39. The van der Waals surface area contributed by atoms with Crippen LogP contribution in [-0.2, 0) is 23.9 Å². The van der Waals surface area contributed by atoms with E-state index in [0.717, 1.165) is 51.4 Å². The molecule has 10 atom stereocenters. The zero-order chi connectivity index (χ0) is 27.0. The molecule has 1 heterocycles. The van der Waals surface area contributed by atoms with Crippen LogP contribution in [0.25, 0.3) is 0 Å². The number of carbonyl (C=O) groups is 3. The first-order valence-electron chi connectivity index (χ1n) is 15.0. The highest BCUT2D eigenvalue weighted by molar-refractivity contribution is 5.91. The normalized spacial score (nSPS) is 53.2. The van der Waals surface area contributed by atoms with E-state index in [1.807, 2.05) is 0 Å². The van der Waals surface area contributed by atoms with Crippen LogP contribution in [0.15, 0.2) is 0 Å². The summed E-state index contributed by atoms with van der Waals surface area (Å²) in [6, 6.07) is 0. The fourth-order valence-corrected chi connectivity index (χ4v) is 12.0. The molecule has 0 aromatic rings. The van der Waals surface area contributed by atoms with E-state index < -0.39 is 11.5 Å². The molecular weight excluding hydrogens is 464 g/mol. The van der Waals surface area contributed by atoms with E-state index in [-0.39, 0.29) is 50.9 Å². The fraction of sp³-hybridized carbons (Fsp3) is 0.906. The minimum absolute atomic E-state index is 0.0324. The second-order valence-corrected chi connectivity index (χ2v) is 16.1. The van der Waals surface area contributed by atoms with E-state index in [0.29, 0.717) is 30.1 Å².